The lowest BCUT2D eigenvalue weighted by atomic mass is 9.61. The molecule has 0 atom stereocenters. The van der Waals surface area contributed by atoms with E-state index in [0.717, 1.165) is 6.07 Å². The fraction of sp³-hybridized carbons (Fsp3) is 0.385. The summed E-state index contributed by atoms with van der Waals surface area (Å²) in [4.78, 5) is 12.3. The van der Waals surface area contributed by atoms with Gasteiger partial charge in [0.25, 0.3) is 0 Å². The van der Waals surface area contributed by atoms with Crippen molar-refractivity contribution in [3.8, 4) is 0 Å². The number of hydrogen-bond acceptors (Lipinski definition) is 3. The molecule has 0 radical (unpaired) electrons. The molecule has 0 unspecified atom stereocenters. The molecular formula is C13H14ClF2N3O2. The quantitative estimate of drug-likeness (QED) is 0.347. The van der Waals surface area contributed by atoms with Crippen LogP contribution in [0.15, 0.2) is 17.3 Å². The van der Waals surface area contributed by atoms with Crippen LogP contribution < -0.4 is 11.1 Å². The van der Waals surface area contributed by atoms with Crippen molar-refractivity contribution in [1.82, 2.24) is 0 Å². The van der Waals surface area contributed by atoms with E-state index in [2.05, 4.69) is 10.5 Å². The number of amidine groups is 1. The van der Waals surface area contributed by atoms with Gasteiger partial charge in [-0.2, -0.15) is 0 Å². The molecule has 1 saturated carbocycles. The van der Waals surface area contributed by atoms with E-state index in [1.165, 1.54) is 0 Å². The lowest BCUT2D eigenvalue weighted by Gasteiger charge is -2.43. The zero-order valence-corrected chi connectivity index (χ0v) is 11.9. The van der Waals surface area contributed by atoms with Crippen LogP contribution in [0.25, 0.3) is 0 Å². The monoisotopic (exact) mass is 317 g/mol. The first-order valence-corrected chi connectivity index (χ1v) is 6.62. The molecule has 0 bridgehead atoms. The summed E-state index contributed by atoms with van der Waals surface area (Å²) in [6.45, 7) is 1.90. The van der Waals surface area contributed by atoms with Gasteiger partial charge in [-0.05, 0) is 24.8 Å². The maximum atomic E-state index is 13.7. The van der Waals surface area contributed by atoms with E-state index in [-0.39, 0.29) is 22.5 Å². The maximum absolute atomic E-state index is 13.7. The molecule has 1 aliphatic rings. The minimum absolute atomic E-state index is 0.213. The highest BCUT2D eigenvalue weighted by Gasteiger charge is 2.52. The Bertz CT molecular complexity index is 592. The molecule has 21 heavy (non-hydrogen) atoms. The standard InChI is InChI=1S/C13H14ClF2N3O2/c1-6-4-13(5-6,11(17)19-21)12(20)18-10-8(14)2-7(15)3-9(10)16/h2-3,6,21H,4-5H2,1H3,(H2,17,19)(H,18,20). The summed E-state index contributed by atoms with van der Waals surface area (Å²) in [7, 11) is 0. The van der Waals surface area contributed by atoms with Crippen LogP contribution in [-0.2, 0) is 4.79 Å². The van der Waals surface area contributed by atoms with E-state index >= 15 is 0 Å². The lowest BCUT2D eigenvalue weighted by Crippen LogP contribution is -2.54. The van der Waals surface area contributed by atoms with Crippen LogP contribution in [0.4, 0.5) is 14.5 Å². The fourth-order valence-electron chi connectivity index (χ4n) is 2.63. The maximum Gasteiger partial charge on any atom is 0.238 e. The summed E-state index contributed by atoms with van der Waals surface area (Å²) in [6, 6.07) is 1.50. The molecule has 0 aromatic heterocycles. The molecule has 4 N–H and O–H groups in total. The number of carbonyl (C=O) groups excluding carboxylic acids is 1. The van der Waals surface area contributed by atoms with E-state index in [1.807, 2.05) is 6.92 Å². The van der Waals surface area contributed by atoms with Crippen molar-refractivity contribution in [1.29, 1.82) is 0 Å². The SMILES string of the molecule is CC1CC(C(=O)Nc2c(F)cc(F)cc2Cl)(C(N)=NO)C1. The molecule has 1 amide bonds. The second-order valence-corrected chi connectivity index (χ2v) is 5.69. The van der Waals surface area contributed by atoms with Gasteiger partial charge in [0.2, 0.25) is 5.91 Å². The van der Waals surface area contributed by atoms with Gasteiger partial charge in [-0.1, -0.05) is 23.7 Å². The molecule has 0 spiro atoms. The van der Waals surface area contributed by atoms with Gasteiger partial charge in [0.1, 0.15) is 11.2 Å². The molecule has 0 aliphatic heterocycles. The van der Waals surface area contributed by atoms with Gasteiger partial charge < -0.3 is 16.3 Å². The molecule has 0 heterocycles. The Morgan fingerprint density at radius 3 is 2.62 bits per heavy atom. The number of anilines is 1. The first-order chi connectivity index (χ1) is 9.80. The Morgan fingerprint density at radius 2 is 2.14 bits per heavy atom. The summed E-state index contributed by atoms with van der Waals surface area (Å²) in [5, 5.41) is 13.7. The third kappa shape index (κ3) is 2.65. The number of benzene rings is 1. The van der Waals surface area contributed by atoms with Crippen molar-refractivity contribution in [2.75, 3.05) is 5.32 Å². The number of oxime groups is 1. The first kappa shape index (κ1) is 15.5. The van der Waals surface area contributed by atoms with Gasteiger partial charge in [-0.3, -0.25) is 4.79 Å². The van der Waals surface area contributed by atoms with Crippen LogP contribution in [-0.4, -0.2) is 17.0 Å². The second-order valence-electron chi connectivity index (χ2n) is 5.28. The van der Waals surface area contributed by atoms with Gasteiger partial charge in [-0.25, -0.2) is 8.78 Å². The summed E-state index contributed by atoms with van der Waals surface area (Å²) >= 11 is 5.73. The predicted octanol–water partition coefficient (Wildman–Crippen LogP) is 2.72. The largest absolute Gasteiger partial charge is 0.409 e. The van der Waals surface area contributed by atoms with Gasteiger partial charge >= 0.3 is 0 Å². The molecular weight excluding hydrogens is 304 g/mol. The van der Waals surface area contributed by atoms with Crippen molar-refractivity contribution in [2.45, 2.75) is 19.8 Å². The summed E-state index contributed by atoms with van der Waals surface area (Å²) < 4.78 is 26.7. The third-order valence-electron chi connectivity index (χ3n) is 3.67. The number of rotatable bonds is 3. The van der Waals surface area contributed by atoms with Crippen molar-refractivity contribution < 1.29 is 18.8 Å². The van der Waals surface area contributed by atoms with Crippen molar-refractivity contribution in [2.24, 2.45) is 22.2 Å². The first-order valence-electron chi connectivity index (χ1n) is 6.24. The van der Waals surface area contributed by atoms with Crippen LogP contribution in [0.5, 0.6) is 0 Å². The number of nitrogens with one attached hydrogen (secondary N) is 1. The fourth-order valence-corrected chi connectivity index (χ4v) is 2.87. The highest BCUT2D eigenvalue weighted by atomic mass is 35.5. The molecule has 1 aromatic carbocycles. The average molecular weight is 318 g/mol. The van der Waals surface area contributed by atoms with E-state index in [4.69, 9.17) is 22.5 Å². The van der Waals surface area contributed by atoms with Gasteiger partial charge in [0.15, 0.2) is 11.7 Å². The van der Waals surface area contributed by atoms with Crippen LogP contribution in [0, 0.1) is 23.0 Å². The Hall–Kier alpha value is -1.89. The summed E-state index contributed by atoms with van der Waals surface area (Å²) in [5.41, 5.74) is 4.06. The van der Waals surface area contributed by atoms with Gasteiger partial charge in [-0.15, -0.1) is 0 Å². The zero-order chi connectivity index (χ0) is 15.8. The van der Waals surface area contributed by atoms with Crippen molar-refractivity contribution in [3.05, 3.63) is 28.8 Å². The van der Waals surface area contributed by atoms with Crippen molar-refractivity contribution >= 4 is 29.0 Å². The van der Waals surface area contributed by atoms with Crippen LogP contribution in [0.3, 0.4) is 0 Å². The molecule has 1 fully saturated rings. The van der Waals surface area contributed by atoms with Gasteiger partial charge in [0.05, 0.1) is 10.7 Å². The summed E-state index contributed by atoms with van der Waals surface area (Å²) in [5.74, 6) is -2.50. The number of halogens is 3. The predicted molar refractivity (Wildman–Crippen MR) is 74.2 cm³/mol. The van der Waals surface area contributed by atoms with E-state index in [1.54, 1.807) is 0 Å². The molecule has 8 heteroatoms. The van der Waals surface area contributed by atoms with Crippen molar-refractivity contribution in [3.63, 3.8) is 0 Å². The Kier molecular flexibility index (Phi) is 4.04. The van der Waals surface area contributed by atoms with Crippen LogP contribution in [0.1, 0.15) is 19.8 Å². The Balaban J connectivity index is 2.29. The Morgan fingerprint density at radius 1 is 1.52 bits per heavy atom. The number of amides is 1. The highest BCUT2D eigenvalue weighted by Crippen LogP contribution is 2.46. The van der Waals surface area contributed by atoms with Crippen LogP contribution >= 0.6 is 11.6 Å². The summed E-state index contributed by atoms with van der Waals surface area (Å²) in [6.07, 6.45) is 0.740. The van der Waals surface area contributed by atoms with E-state index in [9.17, 15) is 13.6 Å². The number of hydrogen-bond donors (Lipinski definition) is 3. The van der Waals surface area contributed by atoms with E-state index < -0.39 is 23.0 Å². The minimum Gasteiger partial charge on any atom is -0.409 e. The number of nitrogens with zero attached hydrogens (tertiary/aromatic N) is 1. The van der Waals surface area contributed by atoms with Gasteiger partial charge in [0, 0.05) is 6.07 Å². The number of nitrogens with two attached hydrogens (primary N) is 1. The molecule has 2 rings (SSSR count). The average Bonchev–Trinajstić information content (AvgIpc) is 2.37. The molecule has 1 aliphatic carbocycles. The topological polar surface area (TPSA) is 87.7 Å². The second kappa shape index (κ2) is 5.48. The number of carbonyl (C=O) groups is 1. The van der Waals surface area contributed by atoms with Crippen LogP contribution in [0.2, 0.25) is 5.02 Å². The normalized spacial score (nSPS) is 25.3. The smallest absolute Gasteiger partial charge is 0.238 e. The third-order valence-corrected chi connectivity index (χ3v) is 3.97. The lowest BCUT2D eigenvalue weighted by molar-refractivity contribution is -0.127. The molecule has 114 valence electrons. The van der Waals surface area contributed by atoms with E-state index in [0.29, 0.717) is 18.9 Å². The Labute approximate surface area is 124 Å². The highest BCUT2D eigenvalue weighted by molar-refractivity contribution is 6.34. The molecule has 0 saturated heterocycles. The molecule has 5 nitrogen and oxygen atoms in total. The molecule has 1 aromatic rings. The zero-order valence-electron chi connectivity index (χ0n) is 11.2. The minimum atomic E-state index is -1.20.